The van der Waals surface area contributed by atoms with Gasteiger partial charge >= 0.3 is 0 Å². The molecule has 0 amide bonds. The number of aryl methyl sites for hydroxylation is 1. The van der Waals surface area contributed by atoms with Gasteiger partial charge < -0.3 is 5.32 Å². The molecular weight excluding hydrogens is 293 g/mol. The molecule has 102 valence electrons. The Morgan fingerprint density at radius 2 is 2.06 bits per heavy atom. The molecule has 0 bridgehead atoms. The van der Waals surface area contributed by atoms with E-state index in [-0.39, 0.29) is 5.82 Å². The number of benzene rings is 1. The number of hydrogen-bond donors (Lipinski definition) is 1. The Morgan fingerprint density at radius 3 is 2.67 bits per heavy atom. The van der Waals surface area contributed by atoms with E-state index < -0.39 is 0 Å². The van der Waals surface area contributed by atoms with Crippen molar-refractivity contribution in [3.8, 4) is 0 Å². The molecule has 0 saturated heterocycles. The molecule has 0 heterocycles. The van der Waals surface area contributed by atoms with Crippen molar-refractivity contribution in [1.82, 2.24) is 5.32 Å². The largest absolute Gasteiger partial charge is 0.314 e. The van der Waals surface area contributed by atoms with Gasteiger partial charge in [0.05, 0.1) is 0 Å². The maximum Gasteiger partial charge on any atom is 0.126 e. The first kappa shape index (κ1) is 15.6. The van der Waals surface area contributed by atoms with Crippen LogP contribution < -0.4 is 5.32 Å². The first-order valence-corrected chi connectivity index (χ1v) is 7.51. The SMILES string of the molecule is CCNC(CCCc1cc(Br)ccc1F)C(C)C. The van der Waals surface area contributed by atoms with Crippen LogP contribution in [0, 0.1) is 11.7 Å². The highest BCUT2D eigenvalue weighted by molar-refractivity contribution is 9.10. The molecule has 1 aromatic rings. The summed E-state index contributed by atoms with van der Waals surface area (Å²) in [5, 5.41) is 3.49. The van der Waals surface area contributed by atoms with Crippen LogP contribution in [0.2, 0.25) is 0 Å². The zero-order valence-corrected chi connectivity index (χ0v) is 13.1. The van der Waals surface area contributed by atoms with Crippen molar-refractivity contribution >= 4 is 15.9 Å². The van der Waals surface area contributed by atoms with Crippen LogP contribution >= 0.6 is 15.9 Å². The van der Waals surface area contributed by atoms with Crippen LogP contribution in [0.5, 0.6) is 0 Å². The van der Waals surface area contributed by atoms with Gasteiger partial charge in [0, 0.05) is 10.5 Å². The van der Waals surface area contributed by atoms with Crippen LogP contribution in [-0.2, 0) is 6.42 Å². The lowest BCUT2D eigenvalue weighted by Crippen LogP contribution is -2.33. The lowest BCUT2D eigenvalue weighted by molar-refractivity contribution is 0.376. The first-order chi connectivity index (χ1) is 8.54. The second kappa shape index (κ2) is 7.90. The van der Waals surface area contributed by atoms with Gasteiger partial charge in [0.15, 0.2) is 0 Å². The standard InChI is InChI=1S/C15H23BrFN/c1-4-18-15(11(2)3)7-5-6-12-10-13(16)8-9-14(12)17/h8-11,15,18H,4-7H2,1-3H3. The minimum absolute atomic E-state index is 0.0947. The number of halogens is 2. The Bertz CT molecular complexity index is 366. The molecule has 1 aromatic carbocycles. The van der Waals surface area contributed by atoms with Crippen molar-refractivity contribution in [1.29, 1.82) is 0 Å². The zero-order valence-electron chi connectivity index (χ0n) is 11.5. The highest BCUT2D eigenvalue weighted by Crippen LogP contribution is 2.18. The minimum Gasteiger partial charge on any atom is -0.314 e. The lowest BCUT2D eigenvalue weighted by atomic mass is 9.96. The van der Waals surface area contributed by atoms with E-state index in [1.54, 1.807) is 6.07 Å². The predicted octanol–water partition coefficient (Wildman–Crippen LogP) is 4.55. The van der Waals surface area contributed by atoms with Gasteiger partial charge in [-0.2, -0.15) is 0 Å². The molecule has 0 aromatic heterocycles. The summed E-state index contributed by atoms with van der Waals surface area (Å²) in [6.07, 6.45) is 2.92. The van der Waals surface area contributed by atoms with Gasteiger partial charge in [0.25, 0.3) is 0 Å². The molecule has 0 aliphatic heterocycles. The van der Waals surface area contributed by atoms with Crippen molar-refractivity contribution in [2.75, 3.05) is 6.54 Å². The molecule has 0 spiro atoms. The molecule has 0 fully saturated rings. The van der Waals surface area contributed by atoms with Crippen molar-refractivity contribution in [2.24, 2.45) is 5.92 Å². The summed E-state index contributed by atoms with van der Waals surface area (Å²) in [6, 6.07) is 5.69. The van der Waals surface area contributed by atoms with Crippen LogP contribution in [0.1, 0.15) is 39.2 Å². The second-order valence-electron chi connectivity index (χ2n) is 5.04. The number of hydrogen-bond acceptors (Lipinski definition) is 1. The molecule has 0 aliphatic rings. The van der Waals surface area contributed by atoms with Gasteiger partial charge in [-0.15, -0.1) is 0 Å². The van der Waals surface area contributed by atoms with E-state index in [4.69, 9.17) is 0 Å². The van der Waals surface area contributed by atoms with Gasteiger partial charge in [-0.3, -0.25) is 0 Å². The Labute approximate surface area is 118 Å². The fourth-order valence-electron chi connectivity index (χ4n) is 2.18. The monoisotopic (exact) mass is 315 g/mol. The van der Waals surface area contributed by atoms with Crippen molar-refractivity contribution in [3.63, 3.8) is 0 Å². The molecule has 0 radical (unpaired) electrons. The first-order valence-electron chi connectivity index (χ1n) is 6.72. The van der Waals surface area contributed by atoms with Crippen molar-refractivity contribution in [2.45, 2.75) is 46.1 Å². The third kappa shape index (κ3) is 5.07. The molecule has 1 N–H and O–H groups in total. The molecule has 1 nitrogen and oxygen atoms in total. The minimum atomic E-state index is -0.0947. The maximum atomic E-state index is 13.6. The summed E-state index contributed by atoms with van der Waals surface area (Å²) in [7, 11) is 0. The van der Waals surface area contributed by atoms with Crippen molar-refractivity contribution < 1.29 is 4.39 Å². The number of nitrogens with one attached hydrogen (secondary N) is 1. The van der Waals surface area contributed by atoms with Crippen LogP contribution in [0.4, 0.5) is 4.39 Å². The Morgan fingerprint density at radius 1 is 1.33 bits per heavy atom. The zero-order chi connectivity index (χ0) is 13.5. The highest BCUT2D eigenvalue weighted by atomic mass is 79.9. The molecule has 1 rings (SSSR count). The van der Waals surface area contributed by atoms with Crippen LogP contribution in [-0.4, -0.2) is 12.6 Å². The summed E-state index contributed by atoms with van der Waals surface area (Å²) < 4.78 is 14.5. The molecule has 3 heteroatoms. The van der Waals surface area contributed by atoms with Gasteiger partial charge in [-0.1, -0.05) is 36.7 Å². The Kier molecular flexibility index (Phi) is 6.87. The average molecular weight is 316 g/mol. The molecule has 18 heavy (non-hydrogen) atoms. The van der Waals surface area contributed by atoms with Gasteiger partial charge in [0.2, 0.25) is 0 Å². The molecule has 1 atom stereocenters. The van der Waals surface area contributed by atoms with Gasteiger partial charge in [-0.05, 0) is 55.5 Å². The highest BCUT2D eigenvalue weighted by Gasteiger charge is 2.12. The van der Waals surface area contributed by atoms with E-state index in [0.29, 0.717) is 12.0 Å². The second-order valence-corrected chi connectivity index (χ2v) is 5.95. The average Bonchev–Trinajstić information content (AvgIpc) is 2.32. The topological polar surface area (TPSA) is 12.0 Å². The molecule has 0 saturated carbocycles. The summed E-state index contributed by atoms with van der Waals surface area (Å²) in [5.41, 5.74) is 0.809. The van der Waals surface area contributed by atoms with E-state index in [1.807, 2.05) is 6.07 Å². The third-order valence-corrected chi connectivity index (χ3v) is 3.73. The van der Waals surface area contributed by atoms with Gasteiger partial charge in [-0.25, -0.2) is 4.39 Å². The van der Waals surface area contributed by atoms with Crippen LogP contribution in [0.25, 0.3) is 0 Å². The molecule has 0 aliphatic carbocycles. The van der Waals surface area contributed by atoms with Crippen molar-refractivity contribution in [3.05, 3.63) is 34.1 Å². The summed E-state index contributed by atoms with van der Waals surface area (Å²) in [6.45, 7) is 7.58. The van der Waals surface area contributed by atoms with E-state index >= 15 is 0 Å². The van der Waals surface area contributed by atoms with Gasteiger partial charge in [0.1, 0.15) is 5.82 Å². The fraction of sp³-hybridized carbons (Fsp3) is 0.600. The molecular formula is C15H23BrFN. The van der Waals surface area contributed by atoms with Crippen LogP contribution in [0.3, 0.4) is 0 Å². The normalized spacial score (nSPS) is 13.0. The summed E-state index contributed by atoms with van der Waals surface area (Å²) >= 11 is 3.39. The Hall–Kier alpha value is -0.410. The van der Waals surface area contributed by atoms with E-state index in [0.717, 1.165) is 35.8 Å². The van der Waals surface area contributed by atoms with E-state index in [2.05, 4.69) is 42.0 Å². The smallest absolute Gasteiger partial charge is 0.126 e. The summed E-state index contributed by atoms with van der Waals surface area (Å²) in [5.74, 6) is 0.528. The molecule has 1 unspecified atom stereocenters. The number of rotatable bonds is 7. The Balaban J connectivity index is 2.47. The third-order valence-electron chi connectivity index (χ3n) is 3.24. The maximum absolute atomic E-state index is 13.6. The van der Waals surface area contributed by atoms with Crippen LogP contribution in [0.15, 0.2) is 22.7 Å². The quantitative estimate of drug-likeness (QED) is 0.778. The lowest BCUT2D eigenvalue weighted by Gasteiger charge is -2.21. The summed E-state index contributed by atoms with van der Waals surface area (Å²) in [4.78, 5) is 0. The predicted molar refractivity (Wildman–Crippen MR) is 79.3 cm³/mol. The van der Waals surface area contributed by atoms with E-state index in [1.165, 1.54) is 6.07 Å². The van der Waals surface area contributed by atoms with E-state index in [9.17, 15) is 4.39 Å². The fourth-order valence-corrected chi connectivity index (χ4v) is 2.59.